The van der Waals surface area contributed by atoms with E-state index in [0.717, 1.165) is 19.3 Å². The van der Waals surface area contributed by atoms with E-state index < -0.39 is 178 Å². The van der Waals surface area contributed by atoms with Crippen LogP contribution in [0.15, 0.2) is 11.6 Å². The Morgan fingerprint density at radius 2 is 1.21 bits per heavy atom. The highest BCUT2D eigenvalue weighted by molar-refractivity contribution is 5.32. The smallest absolute Gasteiger partial charge is 0.187 e. The molecule has 0 bridgehead atoms. The number of aliphatic hydroxyl groups excluding tert-OH is 14. The summed E-state index contributed by atoms with van der Waals surface area (Å²) in [6.07, 6.45) is -23.5. The summed E-state index contributed by atoms with van der Waals surface area (Å²) in [5, 5.41) is 161. The Kier molecular flexibility index (Phi) is 18.9. The van der Waals surface area contributed by atoms with Crippen LogP contribution in [0, 0.1) is 45.3 Å². The maximum Gasteiger partial charge on any atom is 0.187 e. The molecule has 0 spiro atoms. The zero-order chi connectivity index (χ0) is 56.6. The molecule has 446 valence electrons. The Hall–Kier alpha value is -1.18. The van der Waals surface area contributed by atoms with Gasteiger partial charge in [0.1, 0.15) is 85.5 Å². The number of hydrogen-bond acceptors (Lipinski definition) is 23. The van der Waals surface area contributed by atoms with Crippen molar-refractivity contribution in [3.05, 3.63) is 11.6 Å². The molecule has 0 aromatic carbocycles. The molecule has 0 radical (unpaired) electrons. The van der Waals surface area contributed by atoms with Crippen LogP contribution in [0.5, 0.6) is 0 Å². The highest BCUT2D eigenvalue weighted by Gasteiger charge is 2.70. The van der Waals surface area contributed by atoms with E-state index in [2.05, 4.69) is 47.6 Å². The largest absolute Gasteiger partial charge is 0.394 e. The molecule has 8 rings (SSSR count). The quantitative estimate of drug-likeness (QED) is 0.0687. The predicted molar refractivity (Wildman–Crippen MR) is 266 cm³/mol. The SMILES string of the molecule is C[C@H](CC[C@@H](O[C@@H]1O[C@H](CO[C@H]2O[C@H](CO)[C@@H](O)[C@H](O)[C@H]2O)[C@@H](O)[C@H](O)[C@H]1O[C@H]1C[C@@H](O)[C@H](O)[C@@H](CO)O1)C(C)(C)O)C1CC[C@@]2(C)C3CC=C4C(CC[C@H](O[C@@H]5O[C@H](CO)[C@@H](O)[C@H](O)[C@H]5O)C4(C)C)[C@]3(C)[C@H](O)C[C@]12C. The van der Waals surface area contributed by atoms with Crippen molar-refractivity contribution in [1.29, 1.82) is 0 Å². The third-order valence-electron chi connectivity index (χ3n) is 20.7. The summed E-state index contributed by atoms with van der Waals surface area (Å²) in [5.41, 5.74) is -1.92. The van der Waals surface area contributed by atoms with Gasteiger partial charge < -0.3 is 114 Å². The van der Waals surface area contributed by atoms with Gasteiger partial charge in [-0.3, -0.25) is 0 Å². The fraction of sp³-hybridized carbons (Fsp3) is 0.963. The third-order valence-corrected chi connectivity index (χ3v) is 20.7. The van der Waals surface area contributed by atoms with Gasteiger partial charge >= 0.3 is 0 Å². The number of fused-ring (bicyclic) bond motifs is 5. The molecule has 23 heteroatoms. The van der Waals surface area contributed by atoms with E-state index >= 15 is 0 Å². The first-order chi connectivity index (χ1) is 36.0. The second-order valence-electron chi connectivity index (χ2n) is 25.8. The van der Waals surface area contributed by atoms with Crippen molar-refractivity contribution in [1.82, 2.24) is 0 Å². The van der Waals surface area contributed by atoms with E-state index in [1.54, 1.807) is 13.8 Å². The first-order valence-corrected chi connectivity index (χ1v) is 27.9. The fourth-order valence-corrected chi connectivity index (χ4v) is 15.6. The van der Waals surface area contributed by atoms with Crippen LogP contribution in [-0.2, 0) is 37.9 Å². The first-order valence-electron chi connectivity index (χ1n) is 27.9. The molecule has 4 saturated heterocycles. The molecule has 0 aromatic rings. The molecular weight excluding hydrogens is 1020 g/mol. The minimum Gasteiger partial charge on any atom is -0.394 e. The van der Waals surface area contributed by atoms with Crippen molar-refractivity contribution < 1.29 is 114 Å². The van der Waals surface area contributed by atoms with E-state index in [0.29, 0.717) is 25.7 Å². The average Bonchev–Trinajstić information content (AvgIpc) is 3.90. The highest BCUT2D eigenvalue weighted by atomic mass is 16.8. The molecule has 4 aliphatic heterocycles. The van der Waals surface area contributed by atoms with Crippen molar-refractivity contribution in [2.75, 3.05) is 26.4 Å². The average molecular weight is 1110 g/mol. The number of aliphatic hydroxyl groups is 15. The van der Waals surface area contributed by atoms with Crippen molar-refractivity contribution in [3.8, 4) is 0 Å². The molecule has 77 heavy (non-hydrogen) atoms. The van der Waals surface area contributed by atoms with Crippen LogP contribution in [0.4, 0.5) is 0 Å². The Morgan fingerprint density at radius 3 is 1.82 bits per heavy atom. The Morgan fingerprint density at radius 1 is 0.636 bits per heavy atom. The van der Waals surface area contributed by atoms with Crippen molar-refractivity contribution in [2.45, 2.75) is 254 Å². The first kappa shape index (κ1) is 61.9. The van der Waals surface area contributed by atoms with Gasteiger partial charge in [0.05, 0.1) is 56.4 Å². The van der Waals surface area contributed by atoms with Gasteiger partial charge in [0, 0.05) is 17.3 Å². The van der Waals surface area contributed by atoms with Crippen molar-refractivity contribution >= 4 is 0 Å². The second-order valence-corrected chi connectivity index (χ2v) is 25.8. The van der Waals surface area contributed by atoms with Gasteiger partial charge in [0.15, 0.2) is 25.2 Å². The molecular formula is C54H92O23. The van der Waals surface area contributed by atoms with Crippen LogP contribution in [0.1, 0.15) is 113 Å². The van der Waals surface area contributed by atoms with Gasteiger partial charge in [-0.05, 0) is 99.7 Å². The lowest BCUT2D eigenvalue weighted by Crippen LogP contribution is -2.65. The minimum atomic E-state index is -1.81. The highest BCUT2D eigenvalue weighted by Crippen LogP contribution is 2.75. The summed E-state index contributed by atoms with van der Waals surface area (Å²) in [6.45, 7) is 13.9. The van der Waals surface area contributed by atoms with Crippen LogP contribution < -0.4 is 0 Å². The van der Waals surface area contributed by atoms with Crippen molar-refractivity contribution in [3.63, 3.8) is 0 Å². The van der Waals surface area contributed by atoms with Gasteiger partial charge in [-0.25, -0.2) is 0 Å². The summed E-state index contributed by atoms with van der Waals surface area (Å²) >= 11 is 0. The van der Waals surface area contributed by atoms with Crippen LogP contribution in [0.25, 0.3) is 0 Å². The van der Waals surface area contributed by atoms with Gasteiger partial charge in [-0.15, -0.1) is 0 Å². The molecule has 23 nitrogen and oxygen atoms in total. The third kappa shape index (κ3) is 11.1. The Bertz CT molecular complexity index is 1990. The van der Waals surface area contributed by atoms with Gasteiger partial charge in [0.2, 0.25) is 0 Å². The normalized spacial score (nSPS) is 51.0. The standard InChI is InChI=1S/C54H92O23/c1-23(24-15-16-52(6)32-12-10-25-26(54(32,8)33(59)18-53(24,52)7)11-14-34(50(25,2)3)75-48-45(68)42(65)39(62)30(21-57)73-48)9-13-35(51(4,5)69)76-49-46(77-36-17-27(58)37(60)28(19-55)71-36)43(66)40(63)31(74-49)22-70-47-44(67)41(64)38(61)29(20-56)72-47/h10,23-24,26-49,55-69H,9,11-22H2,1-8H3/t23-,24?,26?,27-,28-,29-,30-,31-,32?,33-,34+,35-,36+,37+,38-,39-,40-,41+,42+,43+,44-,45-,46-,47+,48+,49+,52+,53-,54+/m1/s1. The molecule has 4 aliphatic carbocycles. The van der Waals surface area contributed by atoms with Crippen LogP contribution in [-0.4, -0.2) is 244 Å². The predicted octanol–water partition coefficient (Wildman–Crippen LogP) is -2.20. The lowest BCUT2D eigenvalue weighted by molar-refractivity contribution is -0.369. The van der Waals surface area contributed by atoms with Gasteiger partial charge in [0.25, 0.3) is 0 Å². The maximum atomic E-state index is 12.7. The molecule has 15 N–H and O–H groups in total. The van der Waals surface area contributed by atoms with E-state index in [4.69, 9.17) is 37.9 Å². The molecule has 29 atom stereocenters. The molecule has 4 heterocycles. The Balaban J connectivity index is 0.979. The summed E-state index contributed by atoms with van der Waals surface area (Å²) in [4.78, 5) is 0. The molecule has 3 unspecified atom stereocenters. The van der Waals surface area contributed by atoms with E-state index in [1.807, 2.05) is 0 Å². The molecule has 3 saturated carbocycles. The van der Waals surface area contributed by atoms with Crippen molar-refractivity contribution in [2.24, 2.45) is 45.3 Å². The van der Waals surface area contributed by atoms with Crippen LogP contribution in [0.3, 0.4) is 0 Å². The van der Waals surface area contributed by atoms with E-state index in [-0.39, 0.29) is 47.3 Å². The molecule has 8 aliphatic rings. The molecule has 0 amide bonds. The molecule has 7 fully saturated rings. The number of ether oxygens (including phenoxy) is 8. The van der Waals surface area contributed by atoms with E-state index in [9.17, 15) is 76.6 Å². The van der Waals surface area contributed by atoms with Gasteiger partial charge in [-0.2, -0.15) is 0 Å². The summed E-state index contributed by atoms with van der Waals surface area (Å²) < 4.78 is 48.2. The zero-order valence-electron chi connectivity index (χ0n) is 45.8. The summed E-state index contributed by atoms with van der Waals surface area (Å²) in [7, 11) is 0. The van der Waals surface area contributed by atoms with Gasteiger partial charge in [-0.1, -0.05) is 53.2 Å². The monoisotopic (exact) mass is 1110 g/mol. The molecule has 0 aromatic heterocycles. The number of allylic oxidation sites excluding steroid dienone is 1. The number of rotatable bonds is 17. The zero-order valence-corrected chi connectivity index (χ0v) is 45.8. The Labute approximate surface area is 450 Å². The summed E-state index contributed by atoms with van der Waals surface area (Å²) in [5.74, 6) is 0.326. The van der Waals surface area contributed by atoms with Crippen LogP contribution in [0.2, 0.25) is 0 Å². The van der Waals surface area contributed by atoms with Crippen LogP contribution >= 0.6 is 0 Å². The summed E-state index contributed by atoms with van der Waals surface area (Å²) in [6, 6.07) is 0. The minimum absolute atomic E-state index is 0.0224. The lowest BCUT2D eigenvalue weighted by atomic mass is 9.38. The fourth-order valence-electron chi connectivity index (χ4n) is 15.6. The van der Waals surface area contributed by atoms with E-state index in [1.165, 1.54) is 5.57 Å². The second kappa shape index (κ2) is 23.5. The lowest BCUT2D eigenvalue weighted by Gasteiger charge is -2.67. The topological polar surface area (TPSA) is 377 Å². The maximum absolute atomic E-state index is 12.7. The number of hydrogen-bond donors (Lipinski definition) is 15.